The molecule has 0 amide bonds. The predicted molar refractivity (Wildman–Crippen MR) is 137 cm³/mol. The van der Waals surface area contributed by atoms with Gasteiger partial charge in [0.2, 0.25) is 0 Å². The van der Waals surface area contributed by atoms with Crippen molar-refractivity contribution in [3.05, 3.63) is 127 Å². The van der Waals surface area contributed by atoms with Gasteiger partial charge in [-0.2, -0.15) is 0 Å². The van der Waals surface area contributed by atoms with E-state index >= 15 is 0 Å². The van der Waals surface area contributed by atoms with Gasteiger partial charge in [-0.05, 0) is 29.8 Å². The number of nitrogens with zero attached hydrogens (tertiary/aromatic N) is 2. The second-order valence-corrected chi connectivity index (χ2v) is 8.83. The molecule has 5 rings (SSSR count). The number of hydrogen-bond donors (Lipinski definition) is 1. The SMILES string of the molecule is CC(C)(c1ccccc1)c1cc(-c2ccccn2)[c-]c(-c2cccc(-c3ccccc3O)n2)c1.[Pt]. The van der Waals surface area contributed by atoms with Crippen molar-refractivity contribution in [1.29, 1.82) is 0 Å². The summed E-state index contributed by atoms with van der Waals surface area (Å²) in [6, 6.07) is 37.4. The van der Waals surface area contributed by atoms with Crippen molar-refractivity contribution >= 4 is 0 Å². The first-order valence-electron chi connectivity index (χ1n) is 11.3. The van der Waals surface area contributed by atoms with Crippen molar-refractivity contribution in [1.82, 2.24) is 9.97 Å². The van der Waals surface area contributed by atoms with E-state index in [-0.39, 0.29) is 32.2 Å². The van der Waals surface area contributed by atoms with Crippen molar-refractivity contribution in [2.45, 2.75) is 19.3 Å². The Morgan fingerprint density at radius 1 is 0.657 bits per heavy atom. The number of hydrogen-bond acceptors (Lipinski definition) is 3. The molecule has 4 heteroatoms. The van der Waals surface area contributed by atoms with Crippen molar-refractivity contribution in [2.24, 2.45) is 0 Å². The number of aromatic hydroxyl groups is 1. The van der Waals surface area contributed by atoms with Gasteiger partial charge in [-0.15, -0.1) is 23.8 Å². The monoisotopic (exact) mass is 636 g/mol. The summed E-state index contributed by atoms with van der Waals surface area (Å²) >= 11 is 0. The second-order valence-electron chi connectivity index (χ2n) is 8.83. The van der Waals surface area contributed by atoms with Gasteiger partial charge >= 0.3 is 0 Å². The Balaban J connectivity index is 0.00000289. The normalized spacial score (nSPS) is 11.0. The molecule has 0 atom stereocenters. The number of para-hydroxylation sites is 1. The van der Waals surface area contributed by atoms with E-state index in [9.17, 15) is 5.11 Å². The number of phenolic OH excluding ortho intramolecular Hbond substituents is 1. The summed E-state index contributed by atoms with van der Waals surface area (Å²) in [5, 5.41) is 10.3. The average Bonchev–Trinajstić information content (AvgIpc) is 2.90. The topological polar surface area (TPSA) is 46.0 Å². The van der Waals surface area contributed by atoms with Gasteiger partial charge in [0.15, 0.2) is 0 Å². The summed E-state index contributed by atoms with van der Waals surface area (Å²) in [5.74, 6) is 0.212. The van der Waals surface area contributed by atoms with E-state index < -0.39 is 0 Å². The van der Waals surface area contributed by atoms with Gasteiger partial charge in [0.05, 0.1) is 5.69 Å². The van der Waals surface area contributed by atoms with E-state index in [4.69, 9.17) is 4.98 Å². The van der Waals surface area contributed by atoms with Gasteiger partial charge in [0.25, 0.3) is 0 Å². The minimum Gasteiger partial charge on any atom is -0.507 e. The Morgan fingerprint density at radius 3 is 2.00 bits per heavy atom. The molecule has 0 saturated carbocycles. The summed E-state index contributed by atoms with van der Waals surface area (Å²) < 4.78 is 0. The summed E-state index contributed by atoms with van der Waals surface area (Å²) in [5.41, 5.74) is 7.05. The molecule has 1 N–H and O–H groups in total. The van der Waals surface area contributed by atoms with Crippen LogP contribution in [0.1, 0.15) is 25.0 Å². The zero-order chi connectivity index (χ0) is 23.5. The Hall–Kier alpha value is -3.55. The maximum absolute atomic E-state index is 10.3. The summed E-state index contributed by atoms with van der Waals surface area (Å²) in [7, 11) is 0. The minimum atomic E-state index is -0.232. The van der Waals surface area contributed by atoms with Gasteiger partial charge in [-0.1, -0.05) is 91.7 Å². The van der Waals surface area contributed by atoms with Crippen LogP contribution in [0.3, 0.4) is 0 Å². The van der Waals surface area contributed by atoms with Crippen molar-refractivity contribution < 1.29 is 26.2 Å². The van der Waals surface area contributed by atoms with Crippen LogP contribution in [-0.2, 0) is 26.5 Å². The first-order valence-corrected chi connectivity index (χ1v) is 11.3. The van der Waals surface area contributed by atoms with E-state index in [0.29, 0.717) is 5.56 Å². The standard InChI is InChI=1S/C31H25N2O.Pt/c1-31(2,24-11-4-3-5-12-24)25-20-22(27-14-8-9-18-32-27)19-23(21-25)28-15-10-16-29(33-28)26-13-6-7-17-30(26)34;/h3-18,20-21,34H,1-2H3;/q-1;. The van der Waals surface area contributed by atoms with E-state index in [1.54, 1.807) is 12.3 Å². The summed E-state index contributed by atoms with van der Waals surface area (Å²) in [6.07, 6.45) is 1.80. The number of phenols is 1. The number of pyridine rings is 2. The fourth-order valence-electron chi connectivity index (χ4n) is 4.18. The molecule has 0 aliphatic heterocycles. The zero-order valence-corrected chi connectivity index (χ0v) is 21.8. The molecule has 0 saturated heterocycles. The van der Waals surface area contributed by atoms with Crippen LogP contribution in [0.15, 0.2) is 109 Å². The molecule has 35 heavy (non-hydrogen) atoms. The smallest absolute Gasteiger partial charge is 0.124 e. The number of rotatable bonds is 5. The Morgan fingerprint density at radius 2 is 1.29 bits per heavy atom. The number of benzene rings is 3. The molecule has 0 bridgehead atoms. The van der Waals surface area contributed by atoms with Crippen molar-refractivity contribution in [3.63, 3.8) is 0 Å². The fraction of sp³-hybridized carbons (Fsp3) is 0.0968. The fourth-order valence-corrected chi connectivity index (χ4v) is 4.18. The van der Waals surface area contributed by atoms with Gasteiger partial charge in [-0.3, -0.25) is 9.97 Å². The molecule has 0 aliphatic carbocycles. The Bertz CT molecular complexity index is 1430. The maximum atomic E-state index is 10.3. The van der Waals surface area contributed by atoms with E-state index in [1.165, 1.54) is 5.56 Å². The zero-order valence-electron chi connectivity index (χ0n) is 19.6. The molecular weight excluding hydrogens is 611 g/mol. The Kier molecular flexibility index (Phi) is 7.28. The van der Waals surface area contributed by atoms with Gasteiger partial charge in [-0.25, -0.2) is 0 Å². The van der Waals surface area contributed by atoms with Gasteiger partial charge in [0.1, 0.15) is 5.75 Å². The third-order valence-electron chi connectivity index (χ3n) is 6.23. The molecule has 3 aromatic carbocycles. The molecule has 2 aromatic heterocycles. The molecule has 3 nitrogen and oxygen atoms in total. The molecule has 0 spiro atoms. The van der Waals surface area contributed by atoms with Crippen LogP contribution in [-0.4, -0.2) is 15.1 Å². The second kappa shape index (κ2) is 10.4. The summed E-state index contributed by atoms with van der Waals surface area (Å²) in [4.78, 5) is 9.46. The van der Waals surface area contributed by atoms with Crippen LogP contribution < -0.4 is 0 Å². The molecule has 0 aliphatic rings. The molecule has 2 heterocycles. The Labute approximate surface area is 220 Å². The third kappa shape index (κ3) is 5.11. The van der Waals surface area contributed by atoms with Crippen LogP contribution in [0.25, 0.3) is 33.8 Å². The first kappa shape index (κ1) is 24.6. The maximum Gasteiger partial charge on any atom is 0.124 e. The van der Waals surface area contributed by atoms with Crippen LogP contribution in [0.2, 0.25) is 0 Å². The molecule has 0 unspecified atom stereocenters. The minimum absolute atomic E-state index is 0. The van der Waals surface area contributed by atoms with E-state index in [0.717, 1.165) is 33.8 Å². The number of aromatic nitrogens is 2. The van der Waals surface area contributed by atoms with Crippen LogP contribution >= 0.6 is 0 Å². The molecule has 5 aromatic rings. The van der Waals surface area contributed by atoms with E-state index in [1.807, 2.05) is 60.7 Å². The predicted octanol–water partition coefficient (Wildman–Crippen LogP) is 7.31. The quantitative estimate of drug-likeness (QED) is 0.206. The van der Waals surface area contributed by atoms with Crippen LogP contribution in [0.5, 0.6) is 5.75 Å². The van der Waals surface area contributed by atoms with Crippen molar-refractivity contribution in [3.8, 4) is 39.5 Å². The third-order valence-corrected chi connectivity index (χ3v) is 6.23. The van der Waals surface area contributed by atoms with Crippen molar-refractivity contribution in [2.75, 3.05) is 0 Å². The molecule has 0 radical (unpaired) electrons. The average molecular weight is 637 g/mol. The van der Waals surface area contributed by atoms with Crippen LogP contribution in [0.4, 0.5) is 0 Å². The van der Waals surface area contributed by atoms with Gasteiger partial charge in [0, 0.05) is 49.6 Å². The van der Waals surface area contributed by atoms with Crippen LogP contribution in [0, 0.1) is 6.07 Å². The first-order chi connectivity index (χ1) is 16.5. The molecule has 176 valence electrons. The molecular formula is C31H25N2OPt-. The summed E-state index contributed by atoms with van der Waals surface area (Å²) in [6.45, 7) is 4.46. The van der Waals surface area contributed by atoms with E-state index in [2.05, 4.69) is 61.3 Å². The van der Waals surface area contributed by atoms with Gasteiger partial charge < -0.3 is 5.11 Å². The largest absolute Gasteiger partial charge is 0.507 e. The molecule has 0 fully saturated rings.